The van der Waals surface area contributed by atoms with Crippen molar-refractivity contribution < 1.29 is 19.8 Å². The van der Waals surface area contributed by atoms with Gasteiger partial charge in [0, 0.05) is 24.8 Å². The second-order valence-corrected chi connectivity index (χ2v) is 4.96. The SMILES string of the molecule is C[C@H](Nc1cccnc1)C(=O)O.N[C@@H](Cc1cccnc1)C(=O)O. The van der Waals surface area contributed by atoms with Crippen molar-refractivity contribution >= 4 is 17.6 Å². The third-order valence-electron chi connectivity index (χ3n) is 2.91. The molecule has 0 spiro atoms. The lowest BCUT2D eigenvalue weighted by Gasteiger charge is -2.08. The molecule has 2 rings (SSSR count). The van der Waals surface area contributed by atoms with Crippen LogP contribution < -0.4 is 11.1 Å². The molecule has 5 N–H and O–H groups in total. The van der Waals surface area contributed by atoms with Gasteiger partial charge in [-0.25, -0.2) is 0 Å². The Bertz CT molecular complexity index is 580. The molecule has 2 aromatic rings. The van der Waals surface area contributed by atoms with E-state index in [1.54, 1.807) is 56.0 Å². The highest BCUT2D eigenvalue weighted by atomic mass is 16.4. The third-order valence-corrected chi connectivity index (χ3v) is 2.91. The van der Waals surface area contributed by atoms with Gasteiger partial charge in [0.05, 0.1) is 5.69 Å². The average Bonchev–Trinajstić information content (AvgIpc) is 2.57. The first-order chi connectivity index (χ1) is 11.4. The van der Waals surface area contributed by atoms with Crippen molar-refractivity contribution in [1.29, 1.82) is 0 Å². The molecule has 0 amide bonds. The van der Waals surface area contributed by atoms with Gasteiger partial charge in [-0.05, 0) is 37.1 Å². The molecule has 8 heteroatoms. The van der Waals surface area contributed by atoms with Crippen molar-refractivity contribution in [2.45, 2.75) is 25.4 Å². The van der Waals surface area contributed by atoms with Gasteiger partial charge in [-0.3, -0.25) is 19.6 Å². The van der Waals surface area contributed by atoms with Crippen LogP contribution in [0.4, 0.5) is 5.69 Å². The molecule has 128 valence electrons. The topological polar surface area (TPSA) is 138 Å². The summed E-state index contributed by atoms with van der Waals surface area (Å²) in [5, 5.41) is 19.8. The van der Waals surface area contributed by atoms with Crippen LogP contribution in [0, 0.1) is 0 Å². The maximum absolute atomic E-state index is 10.4. The number of anilines is 1. The lowest BCUT2D eigenvalue weighted by molar-refractivity contribution is -0.139. The fourth-order valence-electron chi connectivity index (χ4n) is 1.62. The minimum absolute atomic E-state index is 0.323. The van der Waals surface area contributed by atoms with Crippen LogP contribution in [0.15, 0.2) is 49.1 Å². The molecule has 0 aliphatic carbocycles. The standard InChI is InChI=1S/2C8H10N2O2/c1-6(8(11)12)10-7-3-2-4-9-5-7;9-7(8(11)12)4-6-2-1-3-10-5-6/h2-6,10H,1H3,(H,11,12);1-3,5,7H,4,9H2,(H,11,12)/t6-;7-/m00/s1. The van der Waals surface area contributed by atoms with Crippen LogP contribution in [0.25, 0.3) is 0 Å². The number of nitrogens with one attached hydrogen (secondary N) is 1. The normalized spacial score (nSPS) is 12.2. The molecule has 0 aliphatic rings. The summed E-state index contributed by atoms with van der Waals surface area (Å²) in [6, 6.07) is 5.65. The Hall–Kier alpha value is -3.00. The van der Waals surface area contributed by atoms with Crippen molar-refractivity contribution in [3.8, 4) is 0 Å². The summed E-state index contributed by atoms with van der Waals surface area (Å²) in [5.41, 5.74) is 6.88. The molecule has 2 atom stereocenters. The number of pyridine rings is 2. The van der Waals surface area contributed by atoms with Gasteiger partial charge < -0.3 is 21.3 Å². The van der Waals surface area contributed by atoms with E-state index in [2.05, 4.69) is 15.3 Å². The molecule has 0 aromatic carbocycles. The number of nitrogens with two attached hydrogens (primary N) is 1. The number of aromatic nitrogens is 2. The first kappa shape index (κ1) is 19.0. The zero-order chi connectivity index (χ0) is 17.9. The lowest BCUT2D eigenvalue weighted by atomic mass is 10.1. The van der Waals surface area contributed by atoms with Crippen LogP contribution in [0.3, 0.4) is 0 Å². The van der Waals surface area contributed by atoms with Crippen LogP contribution >= 0.6 is 0 Å². The van der Waals surface area contributed by atoms with E-state index in [-0.39, 0.29) is 0 Å². The summed E-state index contributed by atoms with van der Waals surface area (Å²) in [5.74, 6) is -1.86. The molecule has 0 bridgehead atoms. The quantitative estimate of drug-likeness (QED) is 0.614. The molecule has 2 aromatic heterocycles. The highest BCUT2D eigenvalue weighted by molar-refractivity contribution is 5.76. The molecule has 0 saturated carbocycles. The minimum Gasteiger partial charge on any atom is -0.480 e. The van der Waals surface area contributed by atoms with Crippen LogP contribution in [0.2, 0.25) is 0 Å². The molecule has 8 nitrogen and oxygen atoms in total. The maximum Gasteiger partial charge on any atom is 0.325 e. The van der Waals surface area contributed by atoms with E-state index in [1.165, 1.54) is 0 Å². The Balaban J connectivity index is 0.000000240. The first-order valence-electron chi connectivity index (χ1n) is 7.16. The van der Waals surface area contributed by atoms with Crippen LogP contribution in [0.1, 0.15) is 12.5 Å². The van der Waals surface area contributed by atoms with Crippen molar-refractivity contribution in [2.24, 2.45) is 5.73 Å². The van der Waals surface area contributed by atoms with Crippen molar-refractivity contribution in [1.82, 2.24) is 9.97 Å². The first-order valence-corrected chi connectivity index (χ1v) is 7.16. The minimum atomic E-state index is -0.987. The molecule has 0 radical (unpaired) electrons. The zero-order valence-corrected chi connectivity index (χ0v) is 13.2. The Kier molecular flexibility index (Phi) is 7.86. The Morgan fingerprint density at radius 3 is 2.21 bits per heavy atom. The van der Waals surface area contributed by atoms with E-state index in [1.807, 2.05) is 0 Å². The molecule has 2 heterocycles. The number of carboxylic acid groups (broad SMARTS) is 2. The number of hydrogen-bond donors (Lipinski definition) is 4. The molecule has 0 aliphatic heterocycles. The fraction of sp³-hybridized carbons (Fsp3) is 0.250. The second-order valence-electron chi connectivity index (χ2n) is 4.96. The molecular formula is C16H20N4O4. The highest BCUT2D eigenvalue weighted by Gasteiger charge is 2.11. The van der Waals surface area contributed by atoms with Gasteiger partial charge in [0.15, 0.2) is 0 Å². The zero-order valence-electron chi connectivity index (χ0n) is 13.2. The summed E-state index contributed by atoms with van der Waals surface area (Å²) in [7, 11) is 0. The summed E-state index contributed by atoms with van der Waals surface area (Å²) in [4.78, 5) is 28.5. The number of carboxylic acids is 2. The Morgan fingerprint density at radius 1 is 1.12 bits per heavy atom. The van der Waals surface area contributed by atoms with Gasteiger partial charge in [-0.1, -0.05) is 6.07 Å². The van der Waals surface area contributed by atoms with Crippen molar-refractivity contribution in [3.05, 3.63) is 54.6 Å². The number of hydrogen-bond acceptors (Lipinski definition) is 6. The fourth-order valence-corrected chi connectivity index (χ4v) is 1.62. The molecule has 0 fully saturated rings. The van der Waals surface area contributed by atoms with Crippen molar-refractivity contribution in [3.63, 3.8) is 0 Å². The van der Waals surface area contributed by atoms with E-state index in [4.69, 9.17) is 15.9 Å². The monoisotopic (exact) mass is 332 g/mol. The highest BCUT2D eigenvalue weighted by Crippen LogP contribution is 2.04. The molecule has 0 unspecified atom stereocenters. The summed E-state index contributed by atoms with van der Waals surface area (Å²) in [6.45, 7) is 1.58. The van der Waals surface area contributed by atoms with Gasteiger partial charge in [-0.2, -0.15) is 0 Å². The van der Waals surface area contributed by atoms with Gasteiger partial charge in [0.25, 0.3) is 0 Å². The largest absolute Gasteiger partial charge is 0.480 e. The van der Waals surface area contributed by atoms with E-state index in [0.717, 1.165) is 5.56 Å². The predicted molar refractivity (Wildman–Crippen MR) is 88.5 cm³/mol. The van der Waals surface area contributed by atoms with Crippen LogP contribution in [-0.2, 0) is 16.0 Å². The second kappa shape index (κ2) is 9.90. The maximum atomic E-state index is 10.4. The van der Waals surface area contributed by atoms with E-state index < -0.39 is 24.0 Å². The van der Waals surface area contributed by atoms with Crippen LogP contribution in [0.5, 0.6) is 0 Å². The third kappa shape index (κ3) is 7.32. The van der Waals surface area contributed by atoms with Gasteiger partial charge in [0.2, 0.25) is 0 Å². The van der Waals surface area contributed by atoms with Crippen LogP contribution in [-0.4, -0.2) is 44.2 Å². The summed E-state index contributed by atoms with van der Waals surface area (Å²) >= 11 is 0. The molecular weight excluding hydrogens is 312 g/mol. The van der Waals surface area contributed by atoms with Gasteiger partial charge >= 0.3 is 11.9 Å². The summed E-state index contributed by atoms with van der Waals surface area (Å²) < 4.78 is 0. The Labute approximate surface area is 139 Å². The predicted octanol–water partition coefficient (Wildman–Crippen LogP) is 1.00. The lowest BCUT2D eigenvalue weighted by Crippen LogP contribution is -2.32. The number of aliphatic carboxylic acids is 2. The van der Waals surface area contributed by atoms with Gasteiger partial charge in [0.1, 0.15) is 12.1 Å². The summed E-state index contributed by atoms with van der Waals surface area (Å²) in [6.07, 6.45) is 6.79. The number of nitrogens with zero attached hydrogens (tertiary/aromatic N) is 2. The number of rotatable bonds is 6. The van der Waals surface area contributed by atoms with E-state index in [0.29, 0.717) is 12.1 Å². The Morgan fingerprint density at radius 2 is 1.75 bits per heavy atom. The van der Waals surface area contributed by atoms with E-state index >= 15 is 0 Å². The average molecular weight is 332 g/mol. The smallest absolute Gasteiger partial charge is 0.325 e. The van der Waals surface area contributed by atoms with E-state index in [9.17, 15) is 9.59 Å². The van der Waals surface area contributed by atoms with Crippen molar-refractivity contribution in [2.75, 3.05) is 5.32 Å². The number of carbonyl (C=O) groups is 2. The molecule has 24 heavy (non-hydrogen) atoms. The van der Waals surface area contributed by atoms with Gasteiger partial charge in [-0.15, -0.1) is 0 Å². The molecule has 0 saturated heterocycles.